The lowest BCUT2D eigenvalue weighted by atomic mass is 9.95. The first-order chi connectivity index (χ1) is 8.72. The molecule has 1 aromatic heterocycles. The molecular weight excluding hydrogens is 228 g/mol. The van der Waals surface area contributed by atoms with E-state index in [2.05, 4.69) is 34.4 Å². The topological polar surface area (TPSA) is 54.2 Å². The van der Waals surface area contributed by atoms with Gasteiger partial charge in [0.15, 0.2) is 0 Å². The van der Waals surface area contributed by atoms with Crippen molar-refractivity contribution in [2.45, 2.75) is 58.0 Å². The molecule has 0 saturated heterocycles. The molecule has 1 fully saturated rings. The zero-order chi connectivity index (χ0) is 13.0. The lowest BCUT2D eigenvalue weighted by molar-refractivity contribution is 0.384. The first-order valence-corrected chi connectivity index (χ1v) is 7.02. The molecule has 0 aromatic carbocycles. The van der Waals surface area contributed by atoms with E-state index in [1.165, 1.54) is 32.1 Å². The van der Waals surface area contributed by atoms with Gasteiger partial charge in [-0.3, -0.25) is 0 Å². The summed E-state index contributed by atoms with van der Waals surface area (Å²) >= 11 is 0. The molecule has 0 bridgehead atoms. The van der Waals surface area contributed by atoms with Gasteiger partial charge >= 0.3 is 6.01 Å². The van der Waals surface area contributed by atoms with Gasteiger partial charge in [-0.05, 0) is 26.3 Å². The summed E-state index contributed by atoms with van der Waals surface area (Å²) in [6.07, 6.45) is 6.44. The molecule has 1 aromatic rings. The minimum Gasteiger partial charge on any atom is -0.406 e. The highest BCUT2D eigenvalue weighted by atomic mass is 16.4. The quantitative estimate of drug-likeness (QED) is 0.872. The Hall–Kier alpha value is -1.10. The number of nitrogens with one attached hydrogen (secondary N) is 1. The number of aromatic nitrogens is 2. The van der Waals surface area contributed by atoms with Gasteiger partial charge in [0.1, 0.15) is 0 Å². The molecule has 18 heavy (non-hydrogen) atoms. The normalized spacial score (nSPS) is 18.8. The fourth-order valence-corrected chi connectivity index (χ4v) is 2.56. The van der Waals surface area contributed by atoms with Crippen molar-refractivity contribution in [3.63, 3.8) is 0 Å². The number of hydrogen-bond acceptors (Lipinski definition) is 5. The van der Waals surface area contributed by atoms with E-state index in [4.69, 9.17) is 4.42 Å². The summed E-state index contributed by atoms with van der Waals surface area (Å²) in [6, 6.07) is 1.33. The standard InChI is InChI=1S/C13H24N4O/c1-4-14-10(2)12-15-16-13(18-12)17(3)11-8-6-5-7-9-11/h10-11,14H,4-9H2,1-3H3. The summed E-state index contributed by atoms with van der Waals surface area (Å²) in [5.41, 5.74) is 0. The Bertz CT molecular complexity index is 360. The van der Waals surface area contributed by atoms with Crippen LogP contribution in [-0.2, 0) is 0 Å². The molecule has 1 N–H and O–H groups in total. The van der Waals surface area contributed by atoms with Gasteiger partial charge in [0.05, 0.1) is 6.04 Å². The summed E-state index contributed by atoms with van der Waals surface area (Å²) in [5, 5.41) is 11.6. The van der Waals surface area contributed by atoms with Gasteiger partial charge in [0.2, 0.25) is 5.89 Å². The molecule has 5 heteroatoms. The molecular formula is C13H24N4O. The molecule has 102 valence electrons. The van der Waals surface area contributed by atoms with Gasteiger partial charge in [-0.1, -0.05) is 31.3 Å². The Labute approximate surface area is 109 Å². The Morgan fingerprint density at radius 1 is 1.33 bits per heavy atom. The van der Waals surface area contributed by atoms with Crippen molar-refractivity contribution in [2.75, 3.05) is 18.5 Å². The number of nitrogens with zero attached hydrogens (tertiary/aromatic N) is 3. The van der Waals surface area contributed by atoms with Gasteiger partial charge in [0, 0.05) is 13.1 Å². The van der Waals surface area contributed by atoms with Crippen molar-refractivity contribution in [2.24, 2.45) is 0 Å². The molecule has 0 amide bonds. The van der Waals surface area contributed by atoms with Gasteiger partial charge in [-0.15, -0.1) is 5.10 Å². The smallest absolute Gasteiger partial charge is 0.318 e. The van der Waals surface area contributed by atoms with E-state index in [0.717, 1.165) is 6.54 Å². The Morgan fingerprint density at radius 2 is 2.06 bits per heavy atom. The molecule has 1 heterocycles. The van der Waals surface area contributed by atoms with E-state index in [1.54, 1.807) is 0 Å². The van der Waals surface area contributed by atoms with Crippen molar-refractivity contribution >= 4 is 6.01 Å². The van der Waals surface area contributed by atoms with E-state index in [-0.39, 0.29) is 6.04 Å². The average molecular weight is 252 g/mol. The van der Waals surface area contributed by atoms with Gasteiger partial charge in [-0.2, -0.15) is 0 Å². The van der Waals surface area contributed by atoms with Crippen LogP contribution in [0.3, 0.4) is 0 Å². The fraction of sp³-hybridized carbons (Fsp3) is 0.846. The molecule has 0 radical (unpaired) electrons. The third-order valence-corrected chi connectivity index (χ3v) is 3.73. The molecule has 1 aliphatic rings. The highest BCUT2D eigenvalue weighted by Gasteiger charge is 2.23. The number of hydrogen-bond donors (Lipinski definition) is 1. The van der Waals surface area contributed by atoms with Crippen LogP contribution in [0.4, 0.5) is 6.01 Å². The lowest BCUT2D eigenvalue weighted by Crippen LogP contribution is -2.33. The Balaban J connectivity index is 1.99. The van der Waals surface area contributed by atoms with E-state index < -0.39 is 0 Å². The van der Waals surface area contributed by atoms with Crippen LogP contribution in [0.5, 0.6) is 0 Å². The van der Waals surface area contributed by atoms with Gasteiger partial charge < -0.3 is 14.6 Å². The average Bonchev–Trinajstić information content (AvgIpc) is 2.89. The Morgan fingerprint density at radius 3 is 2.72 bits per heavy atom. The van der Waals surface area contributed by atoms with Crippen molar-refractivity contribution in [3.05, 3.63) is 5.89 Å². The van der Waals surface area contributed by atoms with E-state index in [1.807, 2.05) is 6.92 Å². The first-order valence-electron chi connectivity index (χ1n) is 7.02. The zero-order valence-electron chi connectivity index (χ0n) is 11.6. The van der Waals surface area contributed by atoms with Crippen LogP contribution < -0.4 is 10.2 Å². The molecule has 1 aliphatic carbocycles. The van der Waals surface area contributed by atoms with Gasteiger partial charge in [-0.25, -0.2) is 0 Å². The molecule has 1 unspecified atom stereocenters. The van der Waals surface area contributed by atoms with Crippen LogP contribution >= 0.6 is 0 Å². The maximum Gasteiger partial charge on any atom is 0.318 e. The van der Waals surface area contributed by atoms with E-state index >= 15 is 0 Å². The monoisotopic (exact) mass is 252 g/mol. The third-order valence-electron chi connectivity index (χ3n) is 3.73. The molecule has 2 rings (SSSR count). The summed E-state index contributed by atoms with van der Waals surface area (Å²) in [4.78, 5) is 2.15. The second-order valence-corrected chi connectivity index (χ2v) is 5.10. The zero-order valence-corrected chi connectivity index (χ0v) is 11.6. The lowest BCUT2D eigenvalue weighted by Gasteiger charge is -2.29. The first kappa shape index (κ1) is 13.3. The summed E-state index contributed by atoms with van der Waals surface area (Å²) in [7, 11) is 2.06. The van der Waals surface area contributed by atoms with Crippen LogP contribution in [0.25, 0.3) is 0 Å². The SMILES string of the molecule is CCNC(C)c1nnc(N(C)C2CCCCC2)o1. The molecule has 0 spiro atoms. The largest absolute Gasteiger partial charge is 0.406 e. The maximum atomic E-state index is 5.75. The predicted molar refractivity (Wildman–Crippen MR) is 71.7 cm³/mol. The van der Waals surface area contributed by atoms with Crippen LogP contribution in [0.2, 0.25) is 0 Å². The third kappa shape index (κ3) is 3.02. The van der Waals surface area contributed by atoms with E-state index in [0.29, 0.717) is 17.9 Å². The van der Waals surface area contributed by atoms with Crippen molar-refractivity contribution in [1.82, 2.24) is 15.5 Å². The minimum atomic E-state index is 0.121. The number of rotatable bonds is 5. The minimum absolute atomic E-state index is 0.121. The van der Waals surface area contributed by atoms with Crippen LogP contribution in [-0.4, -0.2) is 29.8 Å². The van der Waals surface area contributed by atoms with Crippen LogP contribution in [0, 0.1) is 0 Å². The highest BCUT2D eigenvalue weighted by molar-refractivity contribution is 5.25. The molecule has 1 saturated carbocycles. The summed E-state index contributed by atoms with van der Waals surface area (Å²) in [5.74, 6) is 0.675. The Kier molecular flexibility index (Phi) is 4.58. The maximum absolute atomic E-state index is 5.75. The van der Waals surface area contributed by atoms with Crippen molar-refractivity contribution in [1.29, 1.82) is 0 Å². The van der Waals surface area contributed by atoms with Crippen molar-refractivity contribution < 1.29 is 4.42 Å². The second kappa shape index (κ2) is 6.18. The van der Waals surface area contributed by atoms with Crippen LogP contribution in [0.1, 0.15) is 57.9 Å². The number of anilines is 1. The second-order valence-electron chi connectivity index (χ2n) is 5.10. The predicted octanol–water partition coefficient (Wildman–Crippen LogP) is 2.51. The summed E-state index contributed by atoms with van der Waals surface area (Å²) < 4.78 is 5.75. The molecule has 5 nitrogen and oxygen atoms in total. The molecule has 0 aliphatic heterocycles. The van der Waals surface area contributed by atoms with Gasteiger partial charge in [0.25, 0.3) is 0 Å². The van der Waals surface area contributed by atoms with Crippen LogP contribution in [0.15, 0.2) is 4.42 Å². The molecule has 1 atom stereocenters. The van der Waals surface area contributed by atoms with Crippen molar-refractivity contribution in [3.8, 4) is 0 Å². The summed E-state index contributed by atoms with van der Waals surface area (Å²) in [6.45, 7) is 5.01. The van der Waals surface area contributed by atoms with E-state index in [9.17, 15) is 0 Å². The highest BCUT2D eigenvalue weighted by Crippen LogP contribution is 2.26. The fourth-order valence-electron chi connectivity index (χ4n) is 2.56.